The number of phenols is 1. The predicted octanol–water partition coefficient (Wildman–Crippen LogP) is 2.66. The summed E-state index contributed by atoms with van der Waals surface area (Å²) in [6.07, 6.45) is 1.41. The van der Waals surface area contributed by atoms with Crippen molar-refractivity contribution in [1.82, 2.24) is 0 Å². The minimum Gasteiger partial charge on any atom is -0.507 e. The third-order valence-electron chi connectivity index (χ3n) is 3.20. The van der Waals surface area contributed by atoms with E-state index in [2.05, 4.69) is 4.99 Å². The Hall–Kier alpha value is -3.41. The Morgan fingerprint density at radius 3 is 2.62 bits per heavy atom. The molecule has 6 nitrogen and oxygen atoms in total. The number of phenolic OH excluding ortho intramolecular Hbond substituents is 1. The fraction of sp³-hybridized carbons (Fsp3) is 0.0556. The molecule has 6 heteroatoms. The molecule has 0 fully saturated rings. The lowest BCUT2D eigenvalue weighted by atomic mass is 10.1. The Labute approximate surface area is 137 Å². The maximum atomic E-state index is 11.9. The molecule has 2 aromatic rings. The molecule has 1 heterocycles. The molecule has 1 N–H and O–H groups in total. The van der Waals surface area contributed by atoms with Gasteiger partial charge in [-0.1, -0.05) is 18.2 Å². The zero-order valence-corrected chi connectivity index (χ0v) is 12.7. The Morgan fingerprint density at radius 2 is 1.96 bits per heavy atom. The molecule has 120 valence electrons. The normalized spacial score (nSPS) is 15.1. The Bertz CT molecular complexity index is 868. The molecule has 0 aliphatic carbocycles. The molecule has 0 unspecified atom stereocenters. The van der Waals surface area contributed by atoms with Crippen molar-refractivity contribution >= 4 is 23.9 Å². The molecule has 0 radical (unpaired) electrons. The van der Waals surface area contributed by atoms with E-state index in [1.807, 2.05) is 18.2 Å². The summed E-state index contributed by atoms with van der Waals surface area (Å²) < 4.78 is 10.0. The van der Waals surface area contributed by atoms with Crippen molar-refractivity contribution in [2.45, 2.75) is 6.92 Å². The van der Waals surface area contributed by atoms with Crippen LogP contribution < -0.4 is 4.74 Å². The van der Waals surface area contributed by atoms with Gasteiger partial charge in [0.05, 0.1) is 0 Å². The largest absolute Gasteiger partial charge is 0.507 e. The van der Waals surface area contributed by atoms with Crippen LogP contribution in [0.5, 0.6) is 11.5 Å². The molecule has 0 atom stereocenters. The van der Waals surface area contributed by atoms with Gasteiger partial charge in [0.1, 0.15) is 11.5 Å². The molecule has 0 spiro atoms. The van der Waals surface area contributed by atoms with Crippen LogP contribution in [0.1, 0.15) is 18.1 Å². The van der Waals surface area contributed by atoms with Gasteiger partial charge >= 0.3 is 11.9 Å². The maximum absolute atomic E-state index is 11.9. The first-order chi connectivity index (χ1) is 11.5. The van der Waals surface area contributed by atoms with Crippen LogP contribution in [0.3, 0.4) is 0 Å². The van der Waals surface area contributed by atoms with Gasteiger partial charge in [-0.05, 0) is 30.3 Å². The summed E-state index contributed by atoms with van der Waals surface area (Å²) in [6.45, 7) is 1.27. The Morgan fingerprint density at radius 1 is 1.21 bits per heavy atom. The van der Waals surface area contributed by atoms with Crippen LogP contribution in [0.4, 0.5) is 0 Å². The molecular formula is C18H13NO5. The third kappa shape index (κ3) is 3.33. The van der Waals surface area contributed by atoms with Gasteiger partial charge in [-0.2, -0.15) is 0 Å². The SMILES string of the molecule is CC(=O)Oc1ccc(/C=C2\N=C(c3ccccc3)OC2=O)c(O)c1. The molecule has 1 aliphatic heterocycles. The monoisotopic (exact) mass is 323 g/mol. The number of cyclic esters (lactones) is 1. The molecule has 1 aliphatic rings. The highest BCUT2D eigenvalue weighted by Gasteiger charge is 2.24. The van der Waals surface area contributed by atoms with E-state index >= 15 is 0 Å². The number of hydrogen-bond acceptors (Lipinski definition) is 6. The number of aromatic hydroxyl groups is 1. The molecule has 0 saturated carbocycles. The number of nitrogens with zero attached hydrogens (tertiary/aromatic N) is 1. The minimum atomic E-state index is -0.600. The predicted molar refractivity (Wildman–Crippen MR) is 86.5 cm³/mol. The molecule has 0 amide bonds. The highest BCUT2D eigenvalue weighted by atomic mass is 16.6. The summed E-state index contributed by atoms with van der Waals surface area (Å²) in [7, 11) is 0. The third-order valence-corrected chi connectivity index (χ3v) is 3.20. The van der Waals surface area contributed by atoms with Crippen LogP contribution in [-0.4, -0.2) is 22.9 Å². The van der Waals surface area contributed by atoms with Crippen molar-refractivity contribution in [2.75, 3.05) is 0 Å². The highest BCUT2D eigenvalue weighted by molar-refractivity contribution is 6.12. The van der Waals surface area contributed by atoms with Gasteiger partial charge in [0, 0.05) is 24.1 Å². The van der Waals surface area contributed by atoms with E-state index in [1.54, 1.807) is 12.1 Å². The molecule has 2 aromatic carbocycles. The first-order valence-corrected chi connectivity index (χ1v) is 7.12. The molecule has 0 aromatic heterocycles. The van der Waals surface area contributed by atoms with Gasteiger partial charge in [0.25, 0.3) is 0 Å². The van der Waals surface area contributed by atoms with E-state index in [4.69, 9.17) is 9.47 Å². The van der Waals surface area contributed by atoms with Crippen LogP contribution in [-0.2, 0) is 14.3 Å². The molecule has 0 saturated heterocycles. The fourth-order valence-corrected chi connectivity index (χ4v) is 2.14. The van der Waals surface area contributed by atoms with Crippen molar-refractivity contribution in [2.24, 2.45) is 4.99 Å². The number of carbonyl (C=O) groups excluding carboxylic acids is 2. The lowest BCUT2D eigenvalue weighted by molar-refractivity contribution is -0.132. The van der Waals surface area contributed by atoms with Crippen LogP contribution in [0.25, 0.3) is 6.08 Å². The van der Waals surface area contributed by atoms with E-state index < -0.39 is 11.9 Å². The number of hydrogen-bond donors (Lipinski definition) is 1. The van der Waals surface area contributed by atoms with E-state index in [1.165, 1.54) is 31.2 Å². The quantitative estimate of drug-likeness (QED) is 0.533. The van der Waals surface area contributed by atoms with E-state index in [0.717, 1.165) is 0 Å². The molecule has 3 rings (SSSR count). The average Bonchev–Trinajstić information content (AvgIpc) is 2.91. The lowest BCUT2D eigenvalue weighted by Gasteiger charge is -2.04. The second kappa shape index (κ2) is 6.37. The van der Waals surface area contributed by atoms with Crippen molar-refractivity contribution < 1.29 is 24.2 Å². The van der Waals surface area contributed by atoms with Crippen LogP contribution in [0.2, 0.25) is 0 Å². The zero-order chi connectivity index (χ0) is 17.1. The maximum Gasteiger partial charge on any atom is 0.363 e. The van der Waals surface area contributed by atoms with Crippen LogP contribution >= 0.6 is 0 Å². The molecular weight excluding hydrogens is 310 g/mol. The zero-order valence-electron chi connectivity index (χ0n) is 12.7. The smallest absolute Gasteiger partial charge is 0.363 e. The van der Waals surface area contributed by atoms with Gasteiger partial charge < -0.3 is 14.6 Å². The molecule has 24 heavy (non-hydrogen) atoms. The number of ether oxygens (including phenoxy) is 2. The van der Waals surface area contributed by atoms with E-state index in [9.17, 15) is 14.7 Å². The Balaban J connectivity index is 1.89. The summed E-state index contributed by atoms with van der Waals surface area (Å²) in [5, 5.41) is 10.00. The number of rotatable bonds is 3. The van der Waals surface area contributed by atoms with E-state index in [-0.39, 0.29) is 23.1 Å². The van der Waals surface area contributed by atoms with Crippen molar-refractivity contribution in [3.05, 3.63) is 65.4 Å². The summed E-state index contributed by atoms with van der Waals surface area (Å²) in [5.74, 6) is -0.806. The van der Waals surface area contributed by atoms with E-state index in [0.29, 0.717) is 11.1 Å². The van der Waals surface area contributed by atoms with Gasteiger partial charge in [0.15, 0.2) is 5.70 Å². The summed E-state index contributed by atoms with van der Waals surface area (Å²) in [6, 6.07) is 13.3. The van der Waals surface area contributed by atoms with Crippen molar-refractivity contribution in [1.29, 1.82) is 0 Å². The van der Waals surface area contributed by atoms with Crippen LogP contribution in [0.15, 0.2) is 59.2 Å². The summed E-state index contributed by atoms with van der Waals surface area (Å²) in [4.78, 5) is 27.0. The van der Waals surface area contributed by atoms with Gasteiger partial charge in [-0.15, -0.1) is 0 Å². The van der Waals surface area contributed by atoms with Gasteiger partial charge in [0.2, 0.25) is 5.90 Å². The number of carbonyl (C=O) groups is 2. The standard InChI is InChI=1S/C18H13NO5/c1-11(20)23-14-8-7-13(16(21)10-14)9-15-18(22)24-17(19-15)12-5-3-2-4-6-12/h2-10,21H,1H3/b15-9-. The number of aliphatic imine (C=N–C) groups is 1. The number of esters is 2. The first-order valence-electron chi connectivity index (χ1n) is 7.12. The van der Waals surface area contributed by atoms with Crippen LogP contribution in [0, 0.1) is 0 Å². The average molecular weight is 323 g/mol. The van der Waals surface area contributed by atoms with Crippen molar-refractivity contribution in [3.63, 3.8) is 0 Å². The summed E-state index contributed by atoms with van der Waals surface area (Å²) >= 11 is 0. The number of benzene rings is 2. The molecule has 0 bridgehead atoms. The minimum absolute atomic E-state index is 0.0735. The topological polar surface area (TPSA) is 85.2 Å². The first kappa shape index (κ1) is 15.5. The lowest BCUT2D eigenvalue weighted by Crippen LogP contribution is -2.05. The summed E-state index contributed by atoms with van der Waals surface area (Å²) in [5.41, 5.74) is 1.11. The van der Waals surface area contributed by atoms with Gasteiger partial charge in [-0.25, -0.2) is 9.79 Å². The fourth-order valence-electron chi connectivity index (χ4n) is 2.14. The second-order valence-corrected chi connectivity index (χ2v) is 5.02. The Kier molecular flexibility index (Phi) is 4.11. The van der Waals surface area contributed by atoms with Crippen molar-refractivity contribution in [3.8, 4) is 11.5 Å². The second-order valence-electron chi connectivity index (χ2n) is 5.02. The van der Waals surface area contributed by atoms with Gasteiger partial charge in [-0.3, -0.25) is 4.79 Å². The highest BCUT2D eigenvalue weighted by Crippen LogP contribution is 2.27.